The van der Waals surface area contributed by atoms with Crippen LogP contribution in [-0.2, 0) is 4.74 Å². The summed E-state index contributed by atoms with van der Waals surface area (Å²) in [4.78, 5) is 13.0. The second-order valence-corrected chi connectivity index (χ2v) is 3.29. The third-order valence-corrected chi connectivity index (χ3v) is 2.50. The van der Waals surface area contributed by atoms with Gasteiger partial charge >= 0.3 is 6.09 Å². The molecule has 1 aromatic carbocycles. The van der Waals surface area contributed by atoms with Crippen LogP contribution in [0, 0.1) is 0 Å². The van der Waals surface area contributed by atoms with Gasteiger partial charge < -0.3 is 4.74 Å². The molecule has 2 rings (SSSR count). The van der Waals surface area contributed by atoms with Crippen LogP contribution < -0.4 is 0 Å². The van der Waals surface area contributed by atoms with Crippen molar-refractivity contribution in [3.8, 4) is 0 Å². The van der Waals surface area contributed by atoms with Gasteiger partial charge in [0.2, 0.25) is 0 Å². The van der Waals surface area contributed by atoms with Gasteiger partial charge in [0.25, 0.3) is 0 Å². The molecular formula is C13H19NO2. The Balaban J connectivity index is 0.000000606. The van der Waals surface area contributed by atoms with E-state index in [4.69, 9.17) is 4.74 Å². The average molecular weight is 221 g/mol. The van der Waals surface area contributed by atoms with Gasteiger partial charge in [0.05, 0.1) is 6.04 Å². The van der Waals surface area contributed by atoms with E-state index in [1.165, 1.54) is 0 Å². The van der Waals surface area contributed by atoms with Gasteiger partial charge in [-0.15, -0.1) is 0 Å². The molecule has 1 atom stereocenters. The molecule has 0 saturated carbocycles. The van der Waals surface area contributed by atoms with E-state index >= 15 is 0 Å². The van der Waals surface area contributed by atoms with Gasteiger partial charge in [-0.3, -0.25) is 4.90 Å². The maximum Gasteiger partial charge on any atom is 0.410 e. The zero-order chi connectivity index (χ0) is 12.0. The lowest BCUT2D eigenvalue weighted by atomic mass is 10.1. The molecule has 1 aliphatic rings. The summed E-state index contributed by atoms with van der Waals surface area (Å²) in [6.45, 7) is 7.12. The minimum Gasteiger partial charge on any atom is -0.447 e. The maximum absolute atomic E-state index is 11.3. The van der Waals surface area contributed by atoms with E-state index in [9.17, 15) is 4.79 Å². The number of likely N-dealkylation sites (N-methyl/N-ethyl adjacent to an activating group) is 1. The summed E-state index contributed by atoms with van der Waals surface area (Å²) < 4.78 is 5.01. The SMILES string of the molecule is CC.CCN1C(=O)OC[C@@H]1c1ccccc1. The van der Waals surface area contributed by atoms with Crippen molar-refractivity contribution in [2.24, 2.45) is 0 Å². The fourth-order valence-corrected chi connectivity index (χ4v) is 1.75. The first-order chi connectivity index (χ1) is 7.83. The van der Waals surface area contributed by atoms with Crippen molar-refractivity contribution < 1.29 is 9.53 Å². The summed E-state index contributed by atoms with van der Waals surface area (Å²) in [5.74, 6) is 0. The van der Waals surface area contributed by atoms with Crippen LogP contribution in [0.25, 0.3) is 0 Å². The number of ether oxygens (including phenoxy) is 1. The lowest BCUT2D eigenvalue weighted by Gasteiger charge is -2.19. The highest BCUT2D eigenvalue weighted by molar-refractivity contribution is 5.70. The van der Waals surface area contributed by atoms with E-state index < -0.39 is 0 Å². The summed E-state index contributed by atoms with van der Waals surface area (Å²) in [5.41, 5.74) is 1.14. The van der Waals surface area contributed by atoms with Crippen LogP contribution in [0.1, 0.15) is 32.4 Å². The molecule has 0 radical (unpaired) electrons. The molecule has 1 heterocycles. The first kappa shape index (κ1) is 12.6. The molecule has 0 spiro atoms. The smallest absolute Gasteiger partial charge is 0.410 e. The summed E-state index contributed by atoms with van der Waals surface area (Å²) in [5, 5.41) is 0. The van der Waals surface area contributed by atoms with Crippen LogP contribution in [0.4, 0.5) is 4.79 Å². The van der Waals surface area contributed by atoms with E-state index in [0.29, 0.717) is 13.2 Å². The Kier molecular flexibility index (Phi) is 4.83. The van der Waals surface area contributed by atoms with E-state index in [1.54, 1.807) is 4.90 Å². The van der Waals surface area contributed by atoms with Gasteiger partial charge in [0.15, 0.2) is 0 Å². The molecule has 0 unspecified atom stereocenters. The number of hydrogen-bond donors (Lipinski definition) is 0. The monoisotopic (exact) mass is 221 g/mol. The van der Waals surface area contributed by atoms with E-state index in [0.717, 1.165) is 5.56 Å². The first-order valence-corrected chi connectivity index (χ1v) is 5.81. The second kappa shape index (κ2) is 6.16. The summed E-state index contributed by atoms with van der Waals surface area (Å²) in [6.07, 6.45) is -0.207. The molecule has 1 aliphatic heterocycles. The molecule has 3 heteroatoms. The van der Waals surface area contributed by atoms with Crippen LogP contribution in [0.15, 0.2) is 30.3 Å². The second-order valence-electron chi connectivity index (χ2n) is 3.29. The van der Waals surface area contributed by atoms with Gasteiger partial charge in [-0.1, -0.05) is 44.2 Å². The topological polar surface area (TPSA) is 29.5 Å². The van der Waals surface area contributed by atoms with Crippen LogP contribution in [0.2, 0.25) is 0 Å². The highest BCUT2D eigenvalue weighted by Gasteiger charge is 2.32. The largest absolute Gasteiger partial charge is 0.447 e. The average Bonchev–Trinajstić information content (AvgIpc) is 2.74. The lowest BCUT2D eigenvalue weighted by molar-refractivity contribution is 0.159. The van der Waals surface area contributed by atoms with Crippen molar-refractivity contribution in [3.05, 3.63) is 35.9 Å². The maximum atomic E-state index is 11.3. The number of nitrogens with zero attached hydrogens (tertiary/aromatic N) is 1. The number of carbonyl (C=O) groups is 1. The Labute approximate surface area is 97.0 Å². The van der Waals surface area contributed by atoms with Crippen LogP contribution in [0.5, 0.6) is 0 Å². The molecule has 16 heavy (non-hydrogen) atoms. The summed E-state index contributed by atoms with van der Waals surface area (Å²) in [7, 11) is 0. The number of hydrogen-bond acceptors (Lipinski definition) is 2. The molecular weight excluding hydrogens is 202 g/mol. The van der Waals surface area contributed by atoms with Crippen molar-refractivity contribution in [1.82, 2.24) is 4.90 Å². The van der Waals surface area contributed by atoms with Crippen molar-refractivity contribution in [1.29, 1.82) is 0 Å². The number of cyclic esters (lactones) is 1. The number of benzene rings is 1. The predicted octanol–water partition coefficient (Wildman–Crippen LogP) is 3.23. The highest BCUT2D eigenvalue weighted by Crippen LogP contribution is 2.26. The van der Waals surface area contributed by atoms with Crippen LogP contribution >= 0.6 is 0 Å². The summed E-state index contributed by atoms with van der Waals surface area (Å²) >= 11 is 0. The zero-order valence-corrected chi connectivity index (χ0v) is 10.1. The normalized spacial score (nSPS) is 18.8. The molecule has 0 aromatic heterocycles. The predicted molar refractivity (Wildman–Crippen MR) is 64.3 cm³/mol. The molecule has 88 valence electrons. The van der Waals surface area contributed by atoms with Crippen LogP contribution in [-0.4, -0.2) is 24.1 Å². The molecule has 1 fully saturated rings. The molecule has 1 aromatic rings. The Bertz CT molecular complexity index is 324. The molecule has 1 saturated heterocycles. The van der Waals surface area contributed by atoms with Gasteiger partial charge in [0.1, 0.15) is 6.61 Å². The standard InChI is InChI=1S/C11H13NO2.C2H6/c1-2-12-10(8-14-11(12)13)9-6-4-3-5-7-9;1-2/h3-7,10H,2,8H2,1H3;1-2H3/t10-;/m1./s1. The number of carbonyl (C=O) groups excluding carboxylic acids is 1. The van der Waals surface area contributed by atoms with Gasteiger partial charge in [-0.05, 0) is 12.5 Å². The minimum absolute atomic E-state index is 0.0914. The Morgan fingerprint density at radius 3 is 2.50 bits per heavy atom. The molecule has 0 bridgehead atoms. The number of amides is 1. The fourth-order valence-electron chi connectivity index (χ4n) is 1.75. The van der Waals surface area contributed by atoms with E-state index in [2.05, 4.69) is 0 Å². The van der Waals surface area contributed by atoms with Gasteiger partial charge in [-0.2, -0.15) is 0 Å². The van der Waals surface area contributed by atoms with Crippen molar-refractivity contribution in [3.63, 3.8) is 0 Å². The Morgan fingerprint density at radius 2 is 1.94 bits per heavy atom. The fraction of sp³-hybridized carbons (Fsp3) is 0.462. The van der Waals surface area contributed by atoms with E-state index in [1.807, 2.05) is 51.1 Å². The zero-order valence-electron chi connectivity index (χ0n) is 10.1. The van der Waals surface area contributed by atoms with E-state index in [-0.39, 0.29) is 12.1 Å². The third-order valence-electron chi connectivity index (χ3n) is 2.50. The molecule has 1 amide bonds. The minimum atomic E-state index is -0.207. The van der Waals surface area contributed by atoms with Gasteiger partial charge in [-0.25, -0.2) is 4.79 Å². The molecule has 0 aliphatic carbocycles. The Morgan fingerprint density at radius 1 is 1.31 bits per heavy atom. The quantitative estimate of drug-likeness (QED) is 0.767. The van der Waals surface area contributed by atoms with Gasteiger partial charge in [0, 0.05) is 6.54 Å². The molecule has 3 nitrogen and oxygen atoms in total. The number of rotatable bonds is 2. The van der Waals surface area contributed by atoms with Crippen molar-refractivity contribution in [2.45, 2.75) is 26.8 Å². The van der Waals surface area contributed by atoms with Crippen LogP contribution in [0.3, 0.4) is 0 Å². The highest BCUT2D eigenvalue weighted by atomic mass is 16.6. The lowest BCUT2D eigenvalue weighted by Crippen LogP contribution is -2.27. The summed E-state index contributed by atoms with van der Waals surface area (Å²) in [6, 6.07) is 10.1. The first-order valence-electron chi connectivity index (χ1n) is 5.81. The third kappa shape index (κ3) is 2.54. The molecule has 0 N–H and O–H groups in total. The van der Waals surface area contributed by atoms with Crippen molar-refractivity contribution in [2.75, 3.05) is 13.2 Å². The Hall–Kier alpha value is -1.51. The van der Waals surface area contributed by atoms with Crippen molar-refractivity contribution >= 4 is 6.09 Å².